The van der Waals surface area contributed by atoms with Crippen LogP contribution in [0.5, 0.6) is 0 Å². The van der Waals surface area contributed by atoms with E-state index in [-0.39, 0.29) is 0 Å². The first kappa shape index (κ1) is 12.4. The van der Waals surface area contributed by atoms with E-state index in [0.717, 1.165) is 5.69 Å². The summed E-state index contributed by atoms with van der Waals surface area (Å²) in [4.78, 5) is 4.53. The van der Waals surface area contributed by atoms with Gasteiger partial charge in [-0.25, -0.2) is 0 Å². The van der Waals surface area contributed by atoms with Crippen LogP contribution in [0.15, 0.2) is 66.9 Å². The topological polar surface area (TPSA) is 12.9 Å². The zero-order chi connectivity index (χ0) is 13.4. The molecule has 1 aromatic heterocycles. The fraction of sp³-hybridized carbons (Fsp3) is 0. The molecule has 1 nitrogen and oxygen atoms in total. The molecule has 0 unspecified atom stereocenters. The molecule has 0 radical (unpaired) electrons. The summed E-state index contributed by atoms with van der Waals surface area (Å²) >= 11 is 0.816. The van der Waals surface area contributed by atoms with Gasteiger partial charge in [-0.2, -0.15) is 0 Å². The molecule has 0 saturated carbocycles. The van der Waals surface area contributed by atoms with Crippen molar-refractivity contribution in [3.05, 3.63) is 66.9 Å². The number of aromatic nitrogens is 1. The molecule has 2 heterocycles. The van der Waals surface area contributed by atoms with Crippen LogP contribution in [0.2, 0.25) is 0 Å². The van der Waals surface area contributed by atoms with E-state index in [4.69, 9.17) is 0 Å². The molecule has 4 rings (SSSR count). The van der Waals surface area contributed by atoms with Crippen LogP contribution in [0.25, 0.3) is 11.3 Å². The third kappa shape index (κ3) is 2.13. The summed E-state index contributed by atoms with van der Waals surface area (Å²) in [5.41, 5.74) is 2.42. The van der Waals surface area contributed by atoms with E-state index in [1.54, 1.807) is 4.46 Å². The number of hydrogen-bond acceptors (Lipinski definition) is 1. The number of benzene rings is 2. The first-order chi connectivity index (χ1) is 9.92. The van der Waals surface area contributed by atoms with Gasteiger partial charge in [-0.1, -0.05) is 0 Å². The van der Waals surface area contributed by atoms with Crippen molar-refractivity contribution in [2.75, 3.05) is 0 Å². The molecule has 0 saturated heterocycles. The second kappa shape index (κ2) is 5.20. The number of fused-ring (bicyclic) bond motifs is 2. The van der Waals surface area contributed by atoms with Crippen LogP contribution in [-0.4, -0.2) is 34.9 Å². The maximum absolute atomic E-state index is 4.53. The Morgan fingerprint density at radius 2 is 1.40 bits per heavy atom. The van der Waals surface area contributed by atoms with E-state index < -0.39 is 0 Å². The third-order valence-corrected chi connectivity index (χ3v) is 9.45. The number of hydrogen-bond donors (Lipinski definition) is 0. The van der Waals surface area contributed by atoms with Gasteiger partial charge in [-0.05, 0) is 0 Å². The van der Waals surface area contributed by atoms with E-state index in [2.05, 4.69) is 59.6 Å². The quantitative estimate of drug-likeness (QED) is 0.431. The summed E-state index contributed by atoms with van der Waals surface area (Å²) in [6.07, 6.45) is 1.88. The van der Waals surface area contributed by atoms with E-state index in [0.29, 0.717) is 29.9 Å². The molecule has 0 fully saturated rings. The van der Waals surface area contributed by atoms with Crippen molar-refractivity contribution in [3.8, 4) is 11.3 Å². The molecule has 0 aliphatic carbocycles. The van der Waals surface area contributed by atoms with Gasteiger partial charge in [0.05, 0.1) is 0 Å². The zero-order valence-corrected chi connectivity index (χ0v) is 14.0. The first-order valence-corrected chi connectivity index (χ1v) is 9.83. The van der Waals surface area contributed by atoms with Gasteiger partial charge in [0.15, 0.2) is 0 Å². The average molecular weight is 387 g/mol. The molecular formula is C17H11NSe2. The molecule has 1 aliphatic rings. The molecular weight excluding hydrogens is 376 g/mol. The Morgan fingerprint density at radius 1 is 0.650 bits per heavy atom. The number of rotatable bonds is 1. The van der Waals surface area contributed by atoms with Crippen LogP contribution in [0.1, 0.15) is 0 Å². The molecule has 0 amide bonds. The van der Waals surface area contributed by atoms with Crippen LogP contribution in [0.3, 0.4) is 0 Å². The Kier molecular flexibility index (Phi) is 3.22. The SMILES string of the molecule is c1ccc(-c2cccc3c2[Se]c2ccccc2[Se]3)nc1. The molecule has 2 aromatic carbocycles. The van der Waals surface area contributed by atoms with E-state index in [9.17, 15) is 0 Å². The Hall–Kier alpha value is -1.37. The Bertz CT molecular complexity index is 769. The van der Waals surface area contributed by atoms with E-state index >= 15 is 0 Å². The van der Waals surface area contributed by atoms with Crippen molar-refractivity contribution in [3.63, 3.8) is 0 Å². The molecule has 96 valence electrons. The second-order valence-electron chi connectivity index (χ2n) is 4.50. The summed E-state index contributed by atoms with van der Waals surface area (Å²) < 4.78 is 6.14. The Balaban J connectivity index is 1.87. The van der Waals surface area contributed by atoms with Crippen molar-refractivity contribution < 1.29 is 0 Å². The average Bonchev–Trinajstić information content (AvgIpc) is 2.53. The van der Waals surface area contributed by atoms with Gasteiger partial charge in [0.25, 0.3) is 0 Å². The van der Waals surface area contributed by atoms with Crippen LogP contribution in [0, 0.1) is 0 Å². The van der Waals surface area contributed by atoms with Crippen LogP contribution in [0.4, 0.5) is 0 Å². The molecule has 3 aromatic rings. The van der Waals surface area contributed by atoms with Crippen molar-refractivity contribution in [1.82, 2.24) is 4.98 Å². The molecule has 0 N–H and O–H groups in total. The second-order valence-corrected chi connectivity index (χ2v) is 8.98. The summed E-state index contributed by atoms with van der Waals surface area (Å²) in [6.45, 7) is 0. The zero-order valence-electron chi connectivity index (χ0n) is 10.6. The third-order valence-electron chi connectivity index (χ3n) is 3.20. The fourth-order valence-corrected chi connectivity index (χ4v) is 8.05. The van der Waals surface area contributed by atoms with Gasteiger partial charge in [0.1, 0.15) is 0 Å². The standard InChI is InChI=1S/C17H11NSe2/c1-2-9-15-14(8-1)19-16-10-5-6-12(17(16)20-15)13-7-3-4-11-18-13/h1-11H. The molecule has 0 atom stereocenters. The van der Waals surface area contributed by atoms with Gasteiger partial charge in [0, 0.05) is 0 Å². The van der Waals surface area contributed by atoms with Crippen LogP contribution in [-0.2, 0) is 0 Å². The van der Waals surface area contributed by atoms with Crippen molar-refractivity contribution in [1.29, 1.82) is 0 Å². The minimum absolute atomic E-state index is 0.389. The van der Waals surface area contributed by atoms with Gasteiger partial charge in [-0.15, -0.1) is 0 Å². The van der Waals surface area contributed by atoms with Crippen LogP contribution >= 0.6 is 0 Å². The molecule has 0 bridgehead atoms. The molecule has 0 spiro atoms. The summed E-state index contributed by atoms with van der Waals surface area (Å²) in [6, 6.07) is 21.7. The molecule has 3 heteroatoms. The predicted molar refractivity (Wildman–Crippen MR) is 86.2 cm³/mol. The van der Waals surface area contributed by atoms with E-state index in [1.807, 2.05) is 12.3 Å². The summed E-state index contributed by atoms with van der Waals surface area (Å²) in [5.74, 6) is 0. The fourth-order valence-electron chi connectivity index (χ4n) is 2.27. The van der Waals surface area contributed by atoms with Gasteiger partial charge in [0.2, 0.25) is 0 Å². The van der Waals surface area contributed by atoms with Gasteiger partial charge in [-0.3, -0.25) is 0 Å². The number of nitrogens with zero attached hydrogens (tertiary/aromatic N) is 1. The first-order valence-electron chi connectivity index (χ1n) is 6.41. The maximum atomic E-state index is 4.53. The Morgan fingerprint density at radius 3 is 2.20 bits per heavy atom. The van der Waals surface area contributed by atoms with Crippen molar-refractivity contribution in [2.45, 2.75) is 0 Å². The Labute approximate surface area is 130 Å². The number of pyridine rings is 1. The van der Waals surface area contributed by atoms with Gasteiger partial charge >= 0.3 is 131 Å². The van der Waals surface area contributed by atoms with Crippen molar-refractivity contribution >= 4 is 47.8 Å². The summed E-state index contributed by atoms with van der Waals surface area (Å²) in [5, 5.41) is 0. The normalized spacial score (nSPS) is 12.6. The summed E-state index contributed by atoms with van der Waals surface area (Å²) in [7, 11) is 0. The van der Waals surface area contributed by atoms with Crippen molar-refractivity contribution in [2.24, 2.45) is 0 Å². The monoisotopic (exact) mass is 389 g/mol. The molecule has 1 aliphatic heterocycles. The van der Waals surface area contributed by atoms with E-state index in [1.165, 1.54) is 18.9 Å². The van der Waals surface area contributed by atoms with Crippen LogP contribution < -0.4 is 17.8 Å². The minimum atomic E-state index is 0.389. The predicted octanol–water partition coefficient (Wildman–Crippen LogP) is 0.372. The van der Waals surface area contributed by atoms with Gasteiger partial charge < -0.3 is 0 Å². The molecule has 20 heavy (non-hydrogen) atoms.